The molecule has 0 unspecified atom stereocenters. The van der Waals surface area contributed by atoms with E-state index in [-0.39, 0.29) is 0 Å². The molecule has 2 N–H and O–H groups in total. The third-order valence-electron chi connectivity index (χ3n) is 3.33. The maximum atomic E-state index is 6.04. The van der Waals surface area contributed by atoms with E-state index in [9.17, 15) is 0 Å². The van der Waals surface area contributed by atoms with E-state index in [0.29, 0.717) is 17.5 Å². The van der Waals surface area contributed by atoms with Gasteiger partial charge < -0.3 is 15.4 Å². The molecule has 0 atom stereocenters. The fourth-order valence-corrected chi connectivity index (χ4v) is 2.01. The molecule has 1 heterocycles. The number of nitrogens with zero attached hydrogens (tertiary/aromatic N) is 3. The maximum absolute atomic E-state index is 6.04. The lowest BCUT2D eigenvalue weighted by molar-refractivity contribution is 0.399. The molecular formula is C13H24N4O. The van der Waals surface area contributed by atoms with E-state index in [2.05, 4.69) is 35.6 Å². The minimum Gasteiger partial charge on any atom is -0.479 e. The molecule has 0 bridgehead atoms. The van der Waals surface area contributed by atoms with Gasteiger partial charge in [-0.15, -0.1) is 0 Å². The number of methoxy groups -OCH3 is 1. The average molecular weight is 252 g/mol. The molecule has 1 rings (SSSR count). The summed E-state index contributed by atoms with van der Waals surface area (Å²) in [5, 5.41) is 0. The zero-order valence-corrected chi connectivity index (χ0v) is 11.8. The van der Waals surface area contributed by atoms with Crippen LogP contribution in [-0.4, -0.2) is 30.2 Å². The number of nitrogens with two attached hydrogens (primary N) is 1. The summed E-state index contributed by atoms with van der Waals surface area (Å²) in [4.78, 5) is 10.5. The van der Waals surface area contributed by atoms with Gasteiger partial charge in [0, 0.05) is 13.1 Å². The standard InChI is InChI=1S/C13H24N4O/c1-5-10(6-2)8-17(7-3)12-11(14)13(18-4)16-9-15-12/h9-10H,5-8,14H2,1-4H3. The molecule has 0 saturated carbocycles. The number of nitrogen functional groups attached to an aromatic ring is 1. The first-order chi connectivity index (χ1) is 8.67. The minimum absolute atomic E-state index is 0.447. The molecule has 0 radical (unpaired) electrons. The Bertz CT molecular complexity index is 366. The Morgan fingerprint density at radius 2 is 1.94 bits per heavy atom. The van der Waals surface area contributed by atoms with Gasteiger partial charge >= 0.3 is 0 Å². The Morgan fingerprint density at radius 1 is 1.28 bits per heavy atom. The lowest BCUT2D eigenvalue weighted by Crippen LogP contribution is -2.30. The van der Waals surface area contributed by atoms with Crippen molar-refractivity contribution in [2.45, 2.75) is 33.6 Å². The third-order valence-corrected chi connectivity index (χ3v) is 3.33. The smallest absolute Gasteiger partial charge is 0.242 e. The summed E-state index contributed by atoms with van der Waals surface area (Å²) in [6.07, 6.45) is 3.82. The molecule has 5 heteroatoms. The molecule has 0 amide bonds. The van der Waals surface area contributed by atoms with Gasteiger partial charge in [-0.25, -0.2) is 4.98 Å². The Hall–Kier alpha value is -1.52. The molecule has 0 fully saturated rings. The number of aromatic nitrogens is 2. The predicted octanol–water partition coefficient (Wildman–Crippen LogP) is 2.33. The van der Waals surface area contributed by atoms with Gasteiger partial charge in [-0.3, -0.25) is 0 Å². The highest BCUT2D eigenvalue weighted by atomic mass is 16.5. The first kappa shape index (κ1) is 14.5. The van der Waals surface area contributed by atoms with Crippen molar-refractivity contribution in [3.63, 3.8) is 0 Å². The topological polar surface area (TPSA) is 64.3 Å². The van der Waals surface area contributed by atoms with Crippen LogP contribution in [0.2, 0.25) is 0 Å². The fraction of sp³-hybridized carbons (Fsp3) is 0.692. The SMILES string of the molecule is CCC(CC)CN(CC)c1ncnc(OC)c1N. The summed E-state index contributed by atoms with van der Waals surface area (Å²) < 4.78 is 5.14. The molecule has 102 valence electrons. The van der Waals surface area contributed by atoms with Crippen LogP contribution in [0.3, 0.4) is 0 Å². The summed E-state index contributed by atoms with van der Waals surface area (Å²) >= 11 is 0. The molecule has 0 aliphatic rings. The van der Waals surface area contributed by atoms with Crippen LogP contribution in [0.15, 0.2) is 6.33 Å². The van der Waals surface area contributed by atoms with Gasteiger partial charge in [0.15, 0.2) is 5.82 Å². The zero-order valence-electron chi connectivity index (χ0n) is 11.8. The largest absolute Gasteiger partial charge is 0.479 e. The number of hydrogen-bond acceptors (Lipinski definition) is 5. The number of hydrogen-bond donors (Lipinski definition) is 1. The summed E-state index contributed by atoms with van der Waals surface area (Å²) in [5.41, 5.74) is 6.56. The van der Waals surface area contributed by atoms with E-state index in [1.165, 1.54) is 6.33 Å². The van der Waals surface area contributed by atoms with Crippen molar-refractivity contribution < 1.29 is 4.74 Å². The molecule has 18 heavy (non-hydrogen) atoms. The highest BCUT2D eigenvalue weighted by Crippen LogP contribution is 2.28. The minimum atomic E-state index is 0.447. The van der Waals surface area contributed by atoms with Gasteiger partial charge in [0.05, 0.1) is 7.11 Å². The van der Waals surface area contributed by atoms with E-state index in [0.717, 1.165) is 31.7 Å². The Kier molecular flexibility index (Phi) is 5.68. The lowest BCUT2D eigenvalue weighted by atomic mass is 10.0. The van der Waals surface area contributed by atoms with Gasteiger partial charge in [0.2, 0.25) is 5.88 Å². The van der Waals surface area contributed by atoms with Crippen LogP contribution in [0.1, 0.15) is 33.6 Å². The van der Waals surface area contributed by atoms with Crippen LogP contribution in [-0.2, 0) is 0 Å². The van der Waals surface area contributed by atoms with Crippen molar-refractivity contribution in [2.75, 3.05) is 30.8 Å². The van der Waals surface area contributed by atoms with Crippen molar-refractivity contribution >= 4 is 11.5 Å². The average Bonchev–Trinajstić information content (AvgIpc) is 2.41. The molecule has 0 aliphatic carbocycles. The second kappa shape index (κ2) is 7.03. The van der Waals surface area contributed by atoms with Crippen molar-refractivity contribution in [1.82, 2.24) is 9.97 Å². The Balaban J connectivity index is 2.94. The predicted molar refractivity (Wildman–Crippen MR) is 75.0 cm³/mol. The Labute approximate surface area is 109 Å². The summed E-state index contributed by atoms with van der Waals surface area (Å²) in [6, 6.07) is 0. The molecular weight excluding hydrogens is 228 g/mol. The third kappa shape index (κ3) is 3.24. The molecule has 0 aliphatic heterocycles. The van der Waals surface area contributed by atoms with Crippen LogP contribution < -0.4 is 15.4 Å². The van der Waals surface area contributed by atoms with Gasteiger partial charge in [-0.1, -0.05) is 26.7 Å². The summed E-state index contributed by atoms with van der Waals surface area (Å²) in [7, 11) is 1.57. The molecule has 0 aromatic carbocycles. The van der Waals surface area contributed by atoms with Crippen molar-refractivity contribution in [1.29, 1.82) is 0 Å². The second-order valence-electron chi connectivity index (χ2n) is 4.34. The van der Waals surface area contributed by atoms with E-state index in [1.807, 2.05) is 0 Å². The van der Waals surface area contributed by atoms with E-state index in [4.69, 9.17) is 10.5 Å². The number of anilines is 2. The molecule has 0 saturated heterocycles. The zero-order chi connectivity index (χ0) is 13.5. The van der Waals surface area contributed by atoms with Crippen LogP contribution in [0.5, 0.6) is 5.88 Å². The number of ether oxygens (including phenoxy) is 1. The summed E-state index contributed by atoms with van der Waals surface area (Å²) in [6.45, 7) is 8.38. The quantitative estimate of drug-likeness (QED) is 0.807. The van der Waals surface area contributed by atoms with Crippen LogP contribution in [0, 0.1) is 5.92 Å². The highest BCUT2D eigenvalue weighted by molar-refractivity contribution is 5.67. The monoisotopic (exact) mass is 252 g/mol. The first-order valence-corrected chi connectivity index (χ1v) is 6.57. The van der Waals surface area contributed by atoms with Crippen LogP contribution >= 0.6 is 0 Å². The van der Waals surface area contributed by atoms with Crippen molar-refractivity contribution in [3.05, 3.63) is 6.33 Å². The van der Waals surface area contributed by atoms with Gasteiger partial charge in [0.25, 0.3) is 0 Å². The van der Waals surface area contributed by atoms with Gasteiger partial charge in [-0.2, -0.15) is 4.98 Å². The van der Waals surface area contributed by atoms with E-state index in [1.54, 1.807) is 7.11 Å². The van der Waals surface area contributed by atoms with E-state index < -0.39 is 0 Å². The lowest BCUT2D eigenvalue weighted by Gasteiger charge is -2.27. The summed E-state index contributed by atoms with van der Waals surface area (Å²) in [5.74, 6) is 1.88. The Morgan fingerprint density at radius 3 is 2.44 bits per heavy atom. The first-order valence-electron chi connectivity index (χ1n) is 6.57. The van der Waals surface area contributed by atoms with Crippen LogP contribution in [0.4, 0.5) is 11.5 Å². The molecule has 0 spiro atoms. The normalized spacial score (nSPS) is 10.7. The van der Waals surface area contributed by atoms with Crippen LogP contribution in [0.25, 0.3) is 0 Å². The second-order valence-corrected chi connectivity index (χ2v) is 4.34. The highest BCUT2D eigenvalue weighted by Gasteiger charge is 2.17. The van der Waals surface area contributed by atoms with Crippen molar-refractivity contribution in [2.24, 2.45) is 5.92 Å². The molecule has 5 nitrogen and oxygen atoms in total. The van der Waals surface area contributed by atoms with Gasteiger partial charge in [0.1, 0.15) is 12.0 Å². The van der Waals surface area contributed by atoms with E-state index >= 15 is 0 Å². The maximum Gasteiger partial charge on any atom is 0.242 e. The molecule has 1 aromatic rings. The molecule has 1 aromatic heterocycles. The van der Waals surface area contributed by atoms with Gasteiger partial charge in [-0.05, 0) is 12.8 Å². The number of rotatable bonds is 7. The van der Waals surface area contributed by atoms with Crippen molar-refractivity contribution in [3.8, 4) is 5.88 Å². The fourth-order valence-electron chi connectivity index (χ4n) is 2.01.